The van der Waals surface area contributed by atoms with Gasteiger partial charge in [-0.2, -0.15) is 0 Å². The molecule has 1 aliphatic heterocycles. The standard InChI is InChI=1S/C16H24N2/c1-12-9-18(10-13(2)17-12)11-15-5-3-4-6-16(15)14-7-8-14/h3-6,12-14,17H,7-11H2,1-2H3. The van der Waals surface area contributed by atoms with Crippen molar-refractivity contribution < 1.29 is 0 Å². The van der Waals surface area contributed by atoms with Crippen molar-refractivity contribution in [2.75, 3.05) is 13.1 Å². The number of rotatable bonds is 3. The summed E-state index contributed by atoms with van der Waals surface area (Å²) in [5.41, 5.74) is 3.16. The zero-order valence-corrected chi connectivity index (χ0v) is 11.5. The molecular weight excluding hydrogens is 220 g/mol. The molecule has 1 N–H and O–H groups in total. The lowest BCUT2D eigenvalue weighted by molar-refractivity contribution is 0.166. The van der Waals surface area contributed by atoms with Crippen molar-refractivity contribution >= 4 is 0 Å². The largest absolute Gasteiger partial charge is 0.309 e. The fraction of sp³-hybridized carbons (Fsp3) is 0.625. The summed E-state index contributed by atoms with van der Waals surface area (Å²) in [4.78, 5) is 2.60. The van der Waals surface area contributed by atoms with Gasteiger partial charge in [0.05, 0.1) is 0 Å². The second-order valence-corrected chi connectivity index (χ2v) is 6.14. The molecule has 1 aliphatic carbocycles. The van der Waals surface area contributed by atoms with Gasteiger partial charge in [-0.05, 0) is 43.7 Å². The van der Waals surface area contributed by atoms with Crippen LogP contribution in [0.5, 0.6) is 0 Å². The van der Waals surface area contributed by atoms with Gasteiger partial charge in [-0.1, -0.05) is 24.3 Å². The summed E-state index contributed by atoms with van der Waals surface area (Å²) in [5, 5.41) is 3.60. The maximum atomic E-state index is 3.60. The fourth-order valence-electron chi connectivity index (χ4n) is 3.28. The van der Waals surface area contributed by atoms with E-state index in [4.69, 9.17) is 0 Å². The van der Waals surface area contributed by atoms with Crippen LogP contribution in [0.1, 0.15) is 43.7 Å². The average Bonchev–Trinajstić information content (AvgIpc) is 3.12. The Bertz CT molecular complexity index is 401. The first-order valence-electron chi connectivity index (χ1n) is 7.28. The normalized spacial score (nSPS) is 29.4. The summed E-state index contributed by atoms with van der Waals surface area (Å²) in [5.74, 6) is 0.860. The Labute approximate surface area is 110 Å². The van der Waals surface area contributed by atoms with Gasteiger partial charge in [0.15, 0.2) is 0 Å². The highest BCUT2D eigenvalue weighted by Gasteiger charge is 2.27. The van der Waals surface area contributed by atoms with E-state index in [0.717, 1.165) is 12.5 Å². The minimum Gasteiger partial charge on any atom is -0.309 e. The summed E-state index contributed by atoms with van der Waals surface area (Å²) < 4.78 is 0. The molecule has 2 nitrogen and oxygen atoms in total. The number of nitrogens with one attached hydrogen (secondary N) is 1. The lowest BCUT2D eigenvalue weighted by Gasteiger charge is -2.36. The molecule has 0 radical (unpaired) electrons. The molecule has 0 spiro atoms. The fourth-order valence-corrected chi connectivity index (χ4v) is 3.28. The van der Waals surface area contributed by atoms with E-state index in [1.165, 1.54) is 25.9 Å². The van der Waals surface area contributed by atoms with E-state index >= 15 is 0 Å². The number of benzene rings is 1. The lowest BCUT2D eigenvalue weighted by atomic mass is 10.0. The Balaban J connectivity index is 1.72. The molecule has 2 unspecified atom stereocenters. The first kappa shape index (κ1) is 12.2. The number of hydrogen-bond donors (Lipinski definition) is 1. The molecule has 0 amide bonds. The predicted octanol–water partition coefficient (Wildman–Crippen LogP) is 2.75. The highest BCUT2D eigenvalue weighted by molar-refractivity contribution is 5.33. The molecule has 2 atom stereocenters. The molecule has 18 heavy (non-hydrogen) atoms. The number of piperazine rings is 1. The van der Waals surface area contributed by atoms with Crippen LogP contribution in [0.15, 0.2) is 24.3 Å². The molecule has 2 aliphatic rings. The third-order valence-electron chi connectivity index (χ3n) is 4.10. The quantitative estimate of drug-likeness (QED) is 0.879. The predicted molar refractivity (Wildman–Crippen MR) is 75.8 cm³/mol. The van der Waals surface area contributed by atoms with Crippen LogP contribution in [0.3, 0.4) is 0 Å². The molecule has 2 heteroatoms. The Morgan fingerprint density at radius 2 is 1.78 bits per heavy atom. The first-order chi connectivity index (χ1) is 8.72. The summed E-state index contributed by atoms with van der Waals surface area (Å²) in [6.07, 6.45) is 2.79. The van der Waals surface area contributed by atoms with Gasteiger partial charge in [0.1, 0.15) is 0 Å². The van der Waals surface area contributed by atoms with Crippen molar-refractivity contribution in [1.29, 1.82) is 0 Å². The van der Waals surface area contributed by atoms with Gasteiger partial charge in [0.2, 0.25) is 0 Å². The van der Waals surface area contributed by atoms with E-state index in [2.05, 4.69) is 48.3 Å². The monoisotopic (exact) mass is 244 g/mol. The zero-order valence-electron chi connectivity index (χ0n) is 11.5. The molecular formula is C16H24N2. The van der Waals surface area contributed by atoms with Crippen LogP contribution in [-0.2, 0) is 6.54 Å². The molecule has 98 valence electrons. The Morgan fingerprint density at radius 3 is 2.44 bits per heavy atom. The summed E-state index contributed by atoms with van der Waals surface area (Å²) >= 11 is 0. The smallest absolute Gasteiger partial charge is 0.0237 e. The molecule has 1 heterocycles. The SMILES string of the molecule is CC1CN(Cc2ccccc2C2CC2)CC(C)N1. The van der Waals surface area contributed by atoms with Crippen molar-refractivity contribution in [3.05, 3.63) is 35.4 Å². The van der Waals surface area contributed by atoms with Crippen LogP contribution in [0, 0.1) is 0 Å². The maximum Gasteiger partial charge on any atom is 0.0237 e. The number of nitrogens with zero attached hydrogens (tertiary/aromatic N) is 1. The molecule has 1 saturated heterocycles. The Kier molecular flexibility index (Phi) is 3.40. The van der Waals surface area contributed by atoms with Gasteiger partial charge in [0.25, 0.3) is 0 Å². The van der Waals surface area contributed by atoms with Gasteiger partial charge in [-0.3, -0.25) is 4.90 Å². The minimum absolute atomic E-state index is 0.613. The van der Waals surface area contributed by atoms with Crippen molar-refractivity contribution in [3.63, 3.8) is 0 Å². The summed E-state index contributed by atoms with van der Waals surface area (Å²) in [6.45, 7) is 8.04. The summed E-state index contributed by atoms with van der Waals surface area (Å²) in [7, 11) is 0. The van der Waals surface area contributed by atoms with Crippen LogP contribution in [-0.4, -0.2) is 30.1 Å². The van der Waals surface area contributed by atoms with Gasteiger partial charge < -0.3 is 5.32 Å². The van der Waals surface area contributed by atoms with E-state index < -0.39 is 0 Å². The molecule has 3 rings (SSSR count). The topological polar surface area (TPSA) is 15.3 Å². The molecule has 0 aromatic heterocycles. The van der Waals surface area contributed by atoms with E-state index in [0.29, 0.717) is 12.1 Å². The van der Waals surface area contributed by atoms with Crippen molar-refractivity contribution in [1.82, 2.24) is 10.2 Å². The maximum absolute atomic E-state index is 3.60. The average molecular weight is 244 g/mol. The van der Waals surface area contributed by atoms with E-state index in [-0.39, 0.29) is 0 Å². The first-order valence-corrected chi connectivity index (χ1v) is 7.28. The Morgan fingerprint density at radius 1 is 1.11 bits per heavy atom. The molecule has 1 saturated carbocycles. The van der Waals surface area contributed by atoms with Crippen LogP contribution < -0.4 is 5.32 Å². The van der Waals surface area contributed by atoms with Crippen LogP contribution >= 0.6 is 0 Å². The van der Waals surface area contributed by atoms with Gasteiger partial charge in [-0.15, -0.1) is 0 Å². The van der Waals surface area contributed by atoms with E-state index in [9.17, 15) is 0 Å². The van der Waals surface area contributed by atoms with E-state index in [1.807, 2.05) is 0 Å². The van der Waals surface area contributed by atoms with Gasteiger partial charge >= 0.3 is 0 Å². The van der Waals surface area contributed by atoms with Crippen LogP contribution in [0.25, 0.3) is 0 Å². The highest BCUT2D eigenvalue weighted by Crippen LogP contribution is 2.41. The van der Waals surface area contributed by atoms with Crippen LogP contribution in [0.4, 0.5) is 0 Å². The zero-order chi connectivity index (χ0) is 12.5. The minimum atomic E-state index is 0.613. The second-order valence-electron chi connectivity index (χ2n) is 6.14. The second kappa shape index (κ2) is 5.02. The van der Waals surface area contributed by atoms with Crippen LogP contribution in [0.2, 0.25) is 0 Å². The molecule has 0 bridgehead atoms. The Hall–Kier alpha value is -0.860. The lowest BCUT2D eigenvalue weighted by Crippen LogP contribution is -2.53. The number of hydrogen-bond acceptors (Lipinski definition) is 2. The van der Waals surface area contributed by atoms with Gasteiger partial charge in [-0.25, -0.2) is 0 Å². The van der Waals surface area contributed by atoms with Gasteiger partial charge in [0, 0.05) is 31.7 Å². The highest BCUT2D eigenvalue weighted by atomic mass is 15.2. The third kappa shape index (κ3) is 2.76. The van der Waals surface area contributed by atoms with Crippen molar-refractivity contribution in [2.24, 2.45) is 0 Å². The molecule has 2 fully saturated rings. The van der Waals surface area contributed by atoms with E-state index in [1.54, 1.807) is 11.1 Å². The van der Waals surface area contributed by atoms with Crippen molar-refractivity contribution in [3.8, 4) is 0 Å². The third-order valence-corrected chi connectivity index (χ3v) is 4.10. The molecule has 1 aromatic rings. The van der Waals surface area contributed by atoms with Crippen molar-refractivity contribution in [2.45, 2.75) is 51.2 Å². The molecule has 1 aromatic carbocycles. The summed E-state index contributed by atoms with van der Waals surface area (Å²) in [6, 6.07) is 10.3.